The molecular formula is C16H19NaO7S. The van der Waals surface area contributed by atoms with Crippen LogP contribution in [0.3, 0.4) is 0 Å². The van der Waals surface area contributed by atoms with Crippen LogP contribution in [-0.2, 0) is 37.0 Å². The van der Waals surface area contributed by atoms with Crippen molar-refractivity contribution in [3.63, 3.8) is 0 Å². The normalized spacial score (nSPS) is 9.64. The number of carbonyl (C=O) groups excluding carboxylic acids is 2. The molecule has 0 saturated carbocycles. The summed E-state index contributed by atoms with van der Waals surface area (Å²) in [6, 6.07) is 8.40. The number of hydrogen-bond acceptors (Lipinski definition) is 6. The van der Waals surface area contributed by atoms with Gasteiger partial charge in [0.15, 0.2) is 0 Å². The fourth-order valence-corrected chi connectivity index (χ4v) is 1.95. The molecule has 0 saturated heterocycles. The van der Waals surface area contributed by atoms with Gasteiger partial charge in [-0.25, -0.2) is 0 Å². The predicted octanol–water partition coefficient (Wildman–Crippen LogP) is -1.99. The van der Waals surface area contributed by atoms with Crippen molar-refractivity contribution in [3.05, 3.63) is 60.7 Å². The average Bonchev–Trinajstić information content (AvgIpc) is 2.47. The Bertz CT molecular complexity index is 654. The van der Waals surface area contributed by atoms with E-state index in [0.29, 0.717) is 0 Å². The second-order valence-electron chi connectivity index (χ2n) is 4.51. The van der Waals surface area contributed by atoms with Gasteiger partial charge in [0.25, 0.3) is 0 Å². The molecule has 0 unspecified atom stereocenters. The number of allylic oxidation sites excluding steroid dienone is 2. The maximum atomic E-state index is 10.3. The van der Waals surface area contributed by atoms with Crippen molar-refractivity contribution in [1.82, 2.24) is 0 Å². The van der Waals surface area contributed by atoms with Crippen LogP contribution >= 0.6 is 0 Å². The van der Waals surface area contributed by atoms with Gasteiger partial charge in [-0.05, 0) is 30.4 Å². The Kier molecular flexibility index (Phi) is 14.2. The van der Waals surface area contributed by atoms with Gasteiger partial charge in [0, 0.05) is 5.97 Å². The second kappa shape index (κ2) is 13.8. The topological polar surface area (TPSA) is 121 Å². The molecule has 1 aromatic rings. The minimum atomic E-state index is -4.83. The van der Waals surface area contributed by atoms with E-state index in [4.69, 9.17) is 4.55 Å². The van der Waals surface area contributed by atoms with Gasteiger partial charge in [0.2, 0.25) is 0 Å². The summed E-state index contributed by atoms with van der Waals surface area (Å²) in [5, 5.41) is 9.74. The van der Waals surface area contributed by atoms with E-state index in [2.05, 4.69) is 41.6 Å². The number of aliphatic carboxylic acids is 1. The van der Waals surface area contributed by atoms with Crippen LogP contribution in [0.1, 0.15) is 24.0 Å². The number of hydrogen-bond donors (Lipinski definition) is 1. The van der Waals surface area contributed by atoms with Gasteiger partial charge in [-0.1, -0.05) is 36.4 Å². The third kappa shape index (κ3) is 14.6. The number of carboxylic acids is 1. The molecule has 7 nitrogen and oxygen atoms in total. The summed E-state index contributed by atoms with van der Waals surface area (Å²) in [7, 11) is -4.83. The minimum Gasteiger partial charge on any atom is -0.550 e. The average molecular weight is 378 g/mol. The summed E-state index contributed by atoms with van der Waals surface area (Å²) < 4.78 is 31.0. The van der Waals surface area contributed by atoms with Gasteiger partial charge in [-0.15, -0.1) is 13.2 Å². The number of carboxylic acid groups (broad SMARTS) is 1. The summed E-state index contributed by atoms with van der Waals surface area (Å²) in [4.78, 5) is 20.0. The van der Waals surface area contributed by atoms with Crippen molar-refractivity contribution < 1.29 is 61.4 Å². The van der Waals surface area contributed by atoms with E-state index in [1.54, 1.807) is 0 Å². The first-order valence-electron chi connectivity index (χ1n) is 6.87. The Morgan fingerprint density at radius 1 is 1.08 bits per heavy atom. The van der Waals surface area contributed by atoms with Crippen LogP contribution in [0.2, 0.25) is 0 Å². The molecule has 0 spiro atoms. The fraction of sp³-hybridized carbons (Fsp3) is 0.250. The van der Waals surface area contributed by atoms with Gasteiger partial charge in [-0.3, -0.25) is 9.35 Å². The molecule has 132 valence electrons. The molecule has 0 atom stereocenters. The molecule has 0 aliphatic carbocycles. The van der Waals surface area contributed by atoms with Crippen LogP contribution in [0.4, 0.5) is 0 Å². The summed E-state index contributed by atoms with van der Waals surface area (Å²) in [6.45, 7) is 7.46. The summed E-state index contributed by atoms with van der Waals surface area (Å²) in [5.74, 6) is -2.86. The second-order valence-corrected chi connectivity index (χ2v) is 5.53. The fourth-order valence-electron chi connectivity index (χ4n) is 1.63. The zero-order valence-electron chi connectivity index (χ0n) is 14.0. The smallest absolute Gasteiger partial charge is 0.550 e. The van der Waals surface area contributed by atoms with Crippen molar-refractivity contribution in [3.8, 4) is 0 Å². The van der Waals surface area contributed by atoms with Crippen molar-refractivity contribution >= 4 is 22.3 Å². The van der Waals surface area contributed by atoms with Crippen molar-refractivity contribution in [1.29, 1.82) is 0 Å². The third-order valence-corrected chi connectivity index (χ3v) is 2.97. The van der Waals surface area contributed by atoms with Crippen molar-refractivity contribution in [2.45, 2.75) is 25.7 Å². The van der Waals surface area contributed by atoms with E-state index in [9.17, 15) is 23.1 Å². The molecule has 0 heterocycles. The maximum Gasteiger partial charge on any atom is 1.00 e. The Labute approximate surface area is 169 Å². The van der Waals surface area contributed by atoms with Crippen LogP contribution in [0.15, 0.2) is 49.6 Å². The molecule has 0 amide bonds. The molecule has 1 rings (SSSR count). The molecule has 1 N–H and O–H groups in total. The van der Waals surface area contributed by atoms with Gasteiger partial charge in [-0.2, -0.15) is 8.42 Å². The largest absolute Gasteiger partial charge is 1.00 e. The van der Waals surface area contributed by atoms with Crippen LogP contribution in [0.5, 0.6) is 0 Å². The SMILES string of the molecule is C=CCc1ccccc1CC=C.O=C([O-])CCC(=O)OS(=O)(=O)O.[Na+]. The quantitative estimate of drug-likeness (QED) is 0.316. The third-order valence-electron chi connectivity index (χ3n) is 2.58. The molecule has 0 aliphatic rings. The zero-order chi connectivity index (χ0) is 18.6. The predicted molar refractivity (Wildman–Crippen MR) is 86.1 cm³/mol. The molecule has 0 fully saturated rings. The van der Waals surface area contributed by atoms with E-state index >= 15 is 0 Å². The van der Waals surface area contributed by atoms with Crippen molar-refractivity contribution in [2.24, 2.45) is 0 Å². The Morgan fingerprint density at radius 2 is 1.52 bits per heavy atom. The van der Waals surface area contributed by atoms with E-state index in [1.807, 2.05) is 12.2 Å². The van der Waals surface area contributed by atoms with Crippen LogP contribution in [0, 0.1) is 0 Å². The number of carbonyl (C=O) groups is 2. The molecule has 1 aromatic carbocycles. The van der Waals surface area contributed by atoms with Gasteiger partial charge < -0.3 is 14.1 Å². The molecule has 0 aliphatic heterocycles. The first-order chi connectivity index (χ1) is 11.2. The van der Waals surface area contributed by atoms with E-state index in [0.717, 1.165) is 12.8 Å². The first kappa shape index (κ1) is 25.8. The Morgan fingerprint density at radius 3 is 1.84 bits per heavy atom. The summed E-state index contributed by atoms with van der Waals surface area (Å²) in [6.07, 6.45) is 4.44. The van der Waals surface area contributed by atoms with E-state index in [-0.39, 0.29) is 29.6 Å². The first-order valence-corrected chi connectivity index (χ1v) is 8.24. The van der Waals surface area contributed by atoms with E-state index in [1.165, 1.54) is 11.1 Å². The zero-order valence-corrected chi connectivity index (χ0v) is 16.8. The number of benzene rings is 1. The molecular weight excluding hydrogens is 359 g/mol. The van der Waals surface area contributed by atoms with E-state index < -0.39 is 35.2 Å². The molecule has 0 bridgehead atoms. The molecule has 9 heteroatoms. The Hall–Kier alpha value is -1.45. The molecule has 0 radical (unpaired) electrons. The summed E-state index contributed by atoms with van der Waals surface area (Å²) in [5.41, 5.74) is 2.71. The van der Waals surface area contributed by atoms with Gasteiger partial charge in [0.1, 0.15) is 0 Å². The Balaban J connectivity index is 0. The van der Waals surface area contributed by atoms with Crippen LogP contribution in [-0.4, -0.2) is 24.9 Å². The number of rotatable bonds is 8. The molecule has 25 heavy (non-hydrogen) atoms. The van der Waals surface area contributed by atoms with Crippen LogP contribution in [0.25, 0.3) is 0 Å². The molecule has 0 aromatic heterocycles. The minimum absolute atomic E-state index is 0. The van der Waals surface area contributed by atoms with Gasteiger partial charge >= 0.3 is 45.9 Å². The van der Waals surface area contributed by atoms with Crippen molar-refractivity contribution in [2.75, 3.05) is 0 Å². The summed E-state index contributed by atoms with van der Waals surface area (Å²) >= 11 is 0. The van der Waals surface area contributed by atoms with Gasteiger partial charge in [0.05, 0.1) is 6.42 Å². The standard InChI is InChI=1S/C12H14.C4H6O7S.Na/c1-3-7-11-9-5-6-10-12(11)8-4-2;5-3(6)1-2-4(7)11-12(8,9)10;/h3-6,9-10H,1-2,7-8H2;1-2H2,(H,5,6)(H,8,9,10);/q;;+1/p-1. The van der Waals surface area contributed by atoms with Crippen LogP contribution < -0.4 is 34.7 Å². The maximum absolute atomic E-state index is 10.3. The monoisotopic (exact) mass is 378 g/mol.